The molecular formula is C16H21N5O. The van der Waals surface area contributed by atoms with Crippen molar-refractivity contribution < 1.29 is 4.79 Å². The molecule has 2 aromatic heterocycles. The van der Waals surface area contributed by atoms with Crippen LogP contribution in [0.1, 0.15) is 47.4 Å². The van der Waals surface area contributed by atoms with Gasteiger partial charge in [0.25, 0.3) is 0 Å². The van der Waals surface area contributed by atoms with Crippen molar-refractivity contribution in [1.82, 2.24) is 25.1 Å². The van der Waals surface area contributed by atoms with Crippen LogP contribution in [0.4, 0.5) is 0 Å². The summed E-state index contributed by atoms with van der Waals surface area (Å²) in [5, 5.41) is 7.43. The summed E-state index contributed by atoms with van der Waals surface area (Å²) in [5.74, 6) is 0.762. The Bertz CT molecular complexity index is 707. The second-order valence-electron chi connectivity index (χ2n) is 5.92. The van der Waals surface area contributed by atoms with E-state index in [0.717, 1.165) is 47.7 Å². The summed E-state index contributed by atoms with van der Waals surface area (Å²) in [5.41, 5.74) is 4.04. The van der Waals surface area contributed by atoms with Gasteiger partial charge >= 0.3 is 0 Å². The molecule has 0 fully saturated rings. The quantitative estimate of drug-likeness (QED) is 0.938. The van der Waals surface area contributed by atoms with Gasteiger partial charge in [0.15, 0.2) is 0 Å². The van der Waals surface area contributed by atoms with Gasteiger partial charge in [-0.3, -0.25) is 9.48 Å². The molecule has 2 heterocycles. The van der Waals surface area contributed by atoms with Crippen LogP contribution in [0.25, 0.3) is 0 Å². The molecule has 3 rings (SSSR count). The minimum absolute atomic E-state index is 0.00816. The van der Waals surface area contributed by atoms with Crippen molar-refractivity contribution in [3.63, 3.8) is 0 Å². The number of carbonyl (C=O) groups excluding carboxylic acids is 1. The first-order valence-corrected chi connectivity index (χ1v) is 7.66. The molecule has 0 aromatic carbocycles. The number of rotatable bonds is 3. The van der Waals surface area contributed by atoms with Crippen molar-refractivity contribution in [2.24, 2.45) is 0 Å². The third kappa shape index (κ3) is 3.00. The van der Waals surface area contributed by atoms with E-state index in [1.807, 2.05) is 33.0 Å². The zero-order chi connectivity index (χ0) is 15.7. The lowest BCUT2D eigenvalue weighted by molar-refractivity contribution is -0.122. The predicted octanol–water partition coefficient (Wildman–Crippen LogP) is 1.79. The minimum atomic E-state index is -0.0235. The second kappa shape index (κ2) is 5.87. The topological polar surface area (TPSA) is 72.7 Å². The number of nitrogens with one attached hydrogen (secondary N) is 1. The lowest BCUT2D eigenvalue weighted by atomic mass is 9.92. The van der Waals surface area contributed by atoms with Crippen molar-refractivity contribution in [2.45, 2.75) is 52.6 Å². The summed E-state index contributed by atoms with van der Waals surface area (Å²) >= 11 is 0. The predicted molar refractivity (Wildman–Crippen MR) is 82.3 cm³/mol. The van der Waals surface area contributed by atoms with Crippen molar-refractivity contribution >= 4 is 5.91 Å². The summed E-state index contributed by atoms with van der Waals surface area (Å²) in [6.07, 6.45) is 4.78. The number of aryl methyl sites for hydroxylation is 4. The highest BCUT2D eigenvalue weighted by atomic mass is 16.2. The van der Waals surface area contributed by atoms with Gasteiger partial charge < -0.3 is 5.32 Å². The monoisotopic (exact) mass is 299 g/mol. The Morgan fingerprint density at radius 3 is 2.95 bits per heavy atom. The van der Waals surface area contributed by atoms with Crippen LogP contribution in [-0.4, -0.2) is 25.7 Å². The van der Waals surface area contributed by atoms with Crippen LogP contribution in [0.2, 0.25) is 0 Å². The molecule has 1 aliphatic rings. The maximum atomic E-state index is 12.3. The molecular weight excluding hydrogens is 278 g/mol. The summed E-state index contributed by atoms with van der Waals surface area (Å²) in [7, 11) is 0. The largest absolute Gasteiger partial charge is 0.348 e. The summed E-state index contributed by atoms with van der Waals surface area (Å²) in [6, 6.07) is 1.98. The number of fused-ring (bicyclic) bond motifs is 1. The average molecular weight is 299 g/mol. The molecule has 0 radical (unpaired) electrons. The molecule has 1 atom stereocenters. The number of hydrogen-bond donors (Lipinski definition) is 1. The molecule has 1 unspecified atom stereocenters. The van der Waals surface area contributed by atoms with Crippen LogP contribution in [-0.2, 0) is 17.8 Å². The van der Waals surface area contributed by atoms with Crippen molar-refractivity contribution in [2.75, 3.05) is 0 Å². The SMILES string of the molecule is Cc1cc(C)n(CC(=O)NC2CCCc3nc(C)ncc32)n1. The van der Waals surface area contributed by atoms with Gasteiger partial charge in [0.05, 0.1) is 11.7 Å². The van der Waals surface area contributed by atoms with Gasteiger partial charge in [0.1, 0.15) is 12.4 Å². The first kappa shape index (κ1) is 14.7. The Morgan fingerprint density at radius 1 is 1.41 bits per heavy atom. The third-order valence-corrected chi connectivity index (χ3v) is 4.03. The van der Waals surface area contributed by atoms with Crippen LogP contribution in [0.5, 0.6) is 0 Å². The van der Waals surface area contributed by atoms with Gasteiger partial charge in [-0.25, -0.2) is 9.97 Å². The Morgan fingerprint density at radius 2 is 2.23 bits per heavy atom. The smallest absolute Gasteiger partial charge is 0.242 e. The molecule has 1 amide bonds. The van der Waals surface area contributed by atoms with E-state index in [4.69, 9.17) is 0 Å². The maximum absolute atomic E-state index is 12.3. The molecule has 0 bridgehead atoms. The fourth-order valence-corrected chi connectivity index (χ4v) is 3.01. The minimum Gasteiger partial charge on any atom is -0.348 e. The van der Waals surface area contributed by atoms with E-state index in [1.165, 1.54) is 0 Å². The molecule has 0 aliphatic heterocycles. The first-order chi connectivity index (χ1) is 10.5. The Kier molecular flexibility index (Phi) is 3.92. The molecule has 0 saturated heterocycles. The third-order valence-electron chi connectivity index (χ3n) is 4.03. The van der Waals surface area contributed by atoms with E-state index in [-0.39, 0.29) is 18.5 Å². The van der Waals surface area contributed by atoms with Gasteiger partial charge in [-0.1, -0.05) is 0 Å². The molecule has 6 nitrogen and oxygen atoms in total. The summed E-state index contributed by atoms with van der Waals surface area (Å²) in [4.78, 5) is 21.1. The van der Waals surface area contributed by atoms with E-state index in [2.05, 4.69) is 20.4 Å². The molecule has 0 saturated carbocycles. The highest BCUT2D eigenvalue weighted by Gasteiger charge is 2.23. The highest BCUT2D eigenvalue weighted by molar-refractivity contribution is 5.76. The van der Waals surface area contributed by atoms with Gasteiger partial charge in [-0.05, 0) is 46.1 Å². The lowest BCUT2D eigenvalue weighted by Gasteiger charge is -2.25. The molecule has 1 aliphatic carbocycles. The second-order valence-corrected chi connectivity index (χ2v) is 5.92. The van der Waals surface area contributed by atoms with Gasteiger partial charge in [0.2, 0.25) is 5.91 Å². The molecule has 0 spiro atoms. The fraction of sp³-hybridized carbons (Fsp3) is 0.500. The molecule has 2 aromatic rings. The normalized spacial score (nSPS) is 17.1. The van der Waals surface area contributed by atoms with E-state index < -0.39 is 0 Å². The van der Waals surface area contributed by atoms with E-state index in [1.54, 1.807) is 4.68 Å². The van der Waals surface area contributed by atoms with Crippen LogP contribution in [0, 0.1) is 20.8 Å². The number of hydrogen-bond acceptors (Lipinski definition) is 4. The number of aromatic nitrogens is 4. The Balaban J connectivity index is 1.71. The van der Waals surface area contributed by atoms with Crippen LogP contribution >= 0.6 is 0 Å². The van der Waals surface area contributed by atoms with E-state index in [9.17, 15) is 4.79 Å². The van der Waals surface area contributed by atoms with Crippen molar-refractivity contribution in [3.8, 4) is 0 Å². The first-order valence-electron chi connectivity index (χ1n) is 7.66. The highest BCUT2D eigenvalue weighted by Crippen LogP contribution is 2.27. The zero-order valence-corrected chi connectivity index (χ0v) is 13.3. The molecule has 1 N–H and O–H groups in total. The fourth-order valence-electron chi connectivity index (χ4n) is 3.01. The van der Waals surface area contributed by atoms with E-state index in [0.29, 0.717) is 0 Å². The van der Waals surface area contributed by atoms with Crippen molar-refractivity contribution in [3.05, 3.63) is 40.7 Å². The van der Waals surface area contributed by atoms with Gasteiger partial charge in [-0.15, -0.1) is 0 Å². The van der Waals surface area contributed by atoms with Gasteiger partial charge in [0, 0.05) is 23.1 Å². The van der Waals surface area contributed by atoms with Crippen LogP contribution in [0.3, 0.4) is 0 Å². The molecule has 6 heteroatoms. The van der Waals surface area contributed by atoms with Gasteiger partial charge in [-0.2, -0.15) is 5.10 Å². The standard InChI is InChI=1S/C16H21N5O/c1-10-7-11(2)21(20-10)9-16(22)19-15-6-4-5-14-13(15)8-17-12(3)18-14/h7-8,15H,4-6,9H2,1-3H3,(H,19,22). The van der Waals surface area contributed by atoms with Crippen molar-refractivity contribution in [1.29, 1.82) is 0 Å². The van der Waals surface area contributed by atoms with Crippen LogP contribution < -0.4 is 5.32 Å². The zero-order valence-electron chi connectivity index (χ0n) is 13.3. The molecule has 22 heavy (non-hydrogen) atoms. The Labute approximate surface area is 130 Å². The number of carbonyl (C=O) groups is 1. The number of amides is 1. The maximum Gasteiger partial charge on any atom is 0.242 e. The van der Waals surface area contributed by atoms with Crippen LogP contribution in [0.15, 0.2) is 12.3 Å². The summed E-state index contributed by atoms with van der Waals surface area (Å²) < 4.78 is 1.74. The molecule has 116 valence electrons. The summed E-state index contributed by atoms with van der Waals surface area (Å²) in [6.45, 7) is 6.03. The van der Waals surface area contributed by atoms with E-state index >= 15 is 0 Å². The Hall–Kier alpha value is -2.24. The average Bonchev–Trinajstić information content (AvgIpc) is 2.76. The lowest BCUT2D eigenvalue weighted by Crippen LogP contribution is -2.34. The number of nitrogens with zero attached hydrogens (tertiary/aromatic N) is 4.